The van der Waals surface area contributed by atoms with Gasteiger partial charge in [-0.2, -0.15) is 0 Å². The summed E-state index contributed by atoms with van der Waals surface area (Å²) < 4.78 is 2.02. The number of nitrogens with zero attached hydrogens (tertiary/aromatic N) is 4. The van der Waals surface area contributed by atoms with Crippen molar-refractivity contribution in [2.75, 3.05) is 18.8 Å². The Bertz CT molecular complexity index is 594. The van der Waals surface area contributed by atoms with Crippen molar-refractivity contribution in [2.24, 2.45) is 17.6 Å². The number of piperidine rings is 1. The molecule has 1 fully saturated rings. The monoisotopic (exact) mass is 367 g/mol. The van der Waals surface area contributed by atoms with Crippen molar-refractivity contribution >= 4 is 23.6 Å². The summed E-state index contributed by atoms with van der Waals surface area (Å²) in [5.41, 5.74) is 5.24. The van der Waals surface area contributed by atoms with Crippen molar-refractivity contribution in [1.82, 2.24) is 19.7 Å². The lowest BCUT2D eigenvalue weighted by Crippen LogP contribution is -2.38. The summed E-state index contributed by atoms with van der Waals surface area (Å²) in [6.45, 7) is 8.93. The maximum atomic E-state index is 12.4. The Kier molecular flexibility index (Phi) is 7.28. The molecule has 0 aromatic carbocycles. The zero-order valence-electron chi connectivity index (χ0n) is 15.4. The number of carbonyl (C=O) groups is 2. The fourth-order valence-electron chi connectivity index (χ4n) is 2.87. The highest BCUT2D eigenvalue weighted by atomic mass is 32.2. The number of hydrogen-bond acceptors (Lipinski definition) is 5. The molecule has 8 heteroatoms. The standard InChI is InChI=1S/C17H29N5O2S/c1-12(2)10-22-15(5-4-14(18)23)19-20-17(22)25-11-16(24)21-8-6-13(3)7-9-21/h12-13H,4-11H2,1-3H3,(H2,18,23). The predicted octanol–water partition coefficient (Wildman–Crippen LogP) is 1.70. The van der Waals surface area contributed by atoms with Crippen LogP contribution in [0.2, 0.25) is 0 Å². The van der Waals surface area contributed by atoms with Gasteiger partial charge in [0.15, 0.2) is 5.16 Å². The molecule has 0 unspecified atom stereocenters. The zero-order valence-corrected chi connectivity index (χ0v) is 16.2. The number of thioether (sulfide) groups is 1. The van der Waals surface area contributed by atoms with Crippen LogP contribution in [-0.4, -0.2) is 50.3 Å². The molecule has 0 saturated carbocycles. The first-order valence-electron chi connectivity index (χ1n) is 8.97. The molecular weight excluding hydrogens is 338 g/mol. The highest BCUT2D eigenvalue weighted by Crippen LogP contribution is 2.22. The number of likely N-dealkylation sites (tertiary alicyclic amines) is 1. The first-order chi connectivity index (χ1) is 11.9. The average molecular weight is 368 g/mol. The number of primary amides is 1. The Labute approximate surface area is 153 Å². The van der Waals surface area contributed by atoms with Crippen molar-refractivity contribution in [3.8, 4) is 0 Å². The fraction of sp³-hybridized carbons (Fsp3) is 0.765. The second kappa shape index (κ2) is 9.22. The molecule has 1 saturated heterocycles. The molecule has 0 bridgehead atoms. The molecule has 140 valence electrons. The molecule has 2 N–H and O–H groups in total. The average Bonchev–Trinajstić information content (AvgIpc) is 2.92. The van der Waals surface area contributed by atoms with Crippen molar-refractivity contribution in [1.29, 1.82) is 0 Å². The van der Waals surface area contributed by atoms with E-state index in [9.17, 15) is 9.59 Å². The molecule has 1 aromatic rings. The van der Waals surface area contributed by atoms with Crippen LogP contribution < -0.4 is 5.73 Å². The third-order valence-electron chi connectivity index (χ3n) is 4.40. The first-order valence-corrected chi connectivity index (χ1v) is 9.96. The van der Waals surface area contributed by atoms with E-state index in [-0.39, 0.29) is 18.2 Å². The van der Waals surface area contributed by atoms with Crippen LogP contribution in [0, 0.1) is 11.8 Å². The molecule has 0 radical (unpaired) electrons. The van der Waals surface area contributed by atoms with Crippen LogP contribution in [0.3, 0.4) is 0 Å². The molecule has 2 rings (SSSR count). The van der Waals surface area contributed by atoms with Crippen molar-refractivity contribution in [2.45, 2.75) is 58.2 Å². The van der Waals surface area contributed by atoms with Gasteiger partial charge in [-0.05, 0) is 24.7 Å². The maximum absolute atomic E-state index is 12.4. The first kappa shape index (κ1) is 19.8. The Morgan fingerprint density at radius 2 is 1.96 bits per heavy atom. The molecule has 0 spiro atoms. The van der Waals surface area contributed by atoms with Gasteiger partial charge >= 0.3 is 0 Å². The summed E-state index contributed by atoms with van der Waals surface area (Å²) in [5.74, 6) is 2.08. The van der Waals surface area contributed by atoms with Crippen molar-refractivity contribution in [3.05, 3.63) is 5.82 Å². The van der Waals surface area contributed by atoms with Gasteiger partial charge in [-0.15, -0.1) is 10.2 Å². The predicted molar refractivity (Wildman–Crippen MR) is 98.1 cm³/mol. The molecule has 1 aliphatic heterocycles. The summed E-state index contributed by atoms with van der Waals surface area (Å²) in [5, 5.41) is 9.17. The second-order valence-corrected chi connectivity index (χ2v) is 8.16. The van der Waals surface area contributed by atoms with E-state index in [1.807, 2.05) is 9.47 Å². The maximum Gasteiger partial charge on any atom is 0.233 e. The third-order valence-corrected chi connectivity index (χ3v) is 5.35. The van der Waals surface area contributed by atoms with E-state index in [1.165, 1.54) is 11.8 Å². The van der Waals surface area contributed by atoms with Gasteiger partial charge < -0.3 is 15.2 Å². The van der Waals surface area contributed by atoms with E-state index in [2.05, 4.69) is 31.0 Å². The lowest BCUT2D eigenvalue weighted by molar-refractivity contribution is -0.129. The van der Waals surface area contributed by atoms with Crippen LogP contribution in [0.25, 0.3) is 0 Å². The quantitative estimate of drug-likeness (QED) is 0.706. The van der Waals surface area contributed by atoms with Crippen LogP contribution in [-0.2, 0) is 22.6 Å². The Morgan fingerprint density at radius 3 is 2.56 bits per heavy atom. The van der Waals surface area contributed by atoms with Crippen LogP contribution in [0.1, 0.15) is 45.9 Å². The Morgan fingerprint density at radius 1 is 1.28 bits per heavy atom. The van der Waals surface area contributed by atoms with E-state index in [4.69, 9.17) is 5.73 Å². The van der Waals surface area contributed by atoms with Gasteiger partial charge in [0.1, 0.15) is 5.82 Å². The highest BCUT2D eigenvalue weighted by Gasteiger charge is 2.22. The van der Waals surface area contributed by atoms with E-state index in [0.29, 0.717) is 24.0 Å². The van der Waals surface area contributed by atoms with Crippen molar-refractivity contribution in [3.63, 3.8) is 0 Å². The SMILES string of the molecule is CC(C)Cn1c(CCC(N)=O)nnc1SCC(=O)N1CCC(C)CC1. The van der Waals surface area contributed by atoms with E-state index in [0.717, 1.165) is 43.5 Å². The normalized spacial score (nSPS) is 15.8. The van der Waals surface area contributed by atoms with Gasteiger partial charge in [0.25, 0.3) is 0 Å². The summed E-state index contributed by atoms with van der Waals surface area (Å²) in [6.07, 6.45) is 2.90. The van der Waals surface area contributed by atoms with Crippen LogP contribution >= 0.6 is 11.8 Å². The second-order valence-electron chi connectivity index (χ2n) is 7.22. The molecule has 25 heavy (non-hydrogen) atoms. The molecule has 0 atom stereocenters. The van der Waals surface area contributed by atoms with Crippen LogP contribution in [0.5, 0.6) is 0 Å². The summed E-state index contributed by atoms with van der Waals surface area (Å²) in [7, 11) is 0. The molecular formula is C17H29N5O2S. The summed E-state index contributed by atoms with van der Waals surface area (Å²) in [6, 6.07) is 0. The Hall–Kier alpha value is -1.57. The Balaban J connectivity index is 1.97. The van der Waals surface area contributed by atoms with Gasteiger partial charge in [0.2, 0.25) is 11.8 Å². The van der Waals surface area contributed by atoms with E-state index in [1.54, 1.807) is 0 Å². The van der Waals surface area contributed by atoms with E-state index >= 15 is 0 Å². The molecule has 2 amide bonds. The lowest BCUT2D eigenvalue weighted by atomic mass is 9.99. The molecule has 2 heterocycles. The largest absolute Gasteiger partial charge is 0.370 e. The minimum atomic E-state index is -0.345. The molecule has 1 aliphatic rings. The van der Waals surface area contributed by atoms with Crippen molar-refractivity contribution < 1.29 is 9.59 Å². The number of carbonyl (C=O) groups excluding carboxylic acids is 2. The molecule has 1 aromatic heterocycles. The number of aromatic nitrogens is 3. The smallest absolute Gasteiger partial charge is 0.233 e. The zero-order chi connectivity index (χ0) is 18.4. The highest BCUT2D eigenvalue weighted by molar-refractivity contribution is 7.99. The van der Waals surface area contributed by atoms with Crippen LogP contribution in [0.15, 0.2) is 5.16 Å². The lowest BCUT2D eigenvalue weighted by Gasteiger charge is -2.30. The van der Waals surface area contributed by atoms with Crippen LogP contribution in [0.4, 0.5) is 0 Å². The summed E-state index contributed by atoms with van der Waals surface area (Å²) in [4.78, 5) is 25.4. The minimum absolute atomic E-state index is 0.162. The number of hydrogen-bond donors (Lipinski definition) is 1. The number of nitrogens with two attached hydrogens (primary N) is 1. The van der Waals surface area contributed by atoms with E-state index < -0.39 is 0 Å². The number of aryl methyl sites for hydroxylation is 1. The van der Waals surface area contributed by atoms with Gasteiger partial charge in [-0.25, -0.2) is 0 Å². The summed E-state index contributed by atoms with van der Waals surface area (Å²) >= 11 is 1.43. The minimum Gasteiger partial charge on any atom is -0.370 e. The number of amides is 2. The van der Waals surface area contributed by atoms with Gasteiger partial charge in [-0.1, -0.05) is 32.5 Å². The fourth-order valence-corrected chi connectivity index (χ4v) is 3.74. The number of rotatable bonds is 8. The third kappa shape index (κ3) is 6.02. The van der Waals surface area contributed by atoms with Gasteiger partial charge in [0, 0.05) is 32.5 Å². The topological polar surface area (TPSA) is 94.1 Å². The van der Waals surface area contributed by atoms with Gasteiger partial charge in [0.05, 0.1) is 5.75 Å². The molecule has 0 aliphatic carbocycles. The molecule has 7 nitrogen and oxygen atoms in total. The van der Waals surface area contributed by atoms with Gasteiger partial charge in [-0.3, -0.25) is 9.59 Å².